The maximum Gasteiger partial charge on any atom is 0.178 e. The third kappa shape index (κ3) is 1.28. The highest BCUT2D eigenvalue weighted by Crippen LogP contribution is 2.19. The number of aromatic nitrogens is 3. The molecule has 0 aliphatic carbocycles. The fraction of sp³-hybridized carbons (Fsp3) is 0.231. The molecule has 0 aliphatic heterocycles. The highest BCUT2D eigenvalue weighted by atomic mass is 15.0. The second kappa shape index (κ2) is 3.30. The third-order valence-electron chi connectivity index (χ3n) is 2.87. The van der Waals surface area contributed by atoms with Gasteiger partial charge in [0.2, 0.25) is 0 Å². The lowest BCUT2D eigenvalue weighted by Gasteiger charge is -2.04. The Morgan fingerprint density at radius 2 is 2.12 bits per heavy atom. The number of rotatable bonds is 1. The van der Waals surface area contributed by atoms with Gasteiger partial charge in [-0.25, -0.2) is 9.97 Å². The van der Waals surface area contributed by atoms with E-state index >= 15 is 0 Å². The standard InChI is InChI=1S/C13H13N3/c1-9(2)10-5-7-16-11-4-3-6-14-13(11)15-12(16)8-10/h3-9H,1-2H3. The van der Waals surface area contributed by atoms with Gasteiger partial charge in [-0.3, -0.25) is 4.40 Å². The first-order valence-corrected chi connectivity index (χ1v) is 5.48. The van der Waals surface area contributed by atoms with Gasteiger partial charge >= 0.3 is 0 Å². The Labute approximate surface area is 93.8 Å². The Balaban J connectivity index is 2.37. The van der Waals surface area contributed by atoms with Crippen molar-refractivity contribution in [3.05, 3.63) is 42.2 Å². The molecule has 0 fully saturated rings. The zero-order valence-electron chi connectivity index (χ0n) is 9.38. The topological polar surface area (TPSA) is 30.2 Å². The normalized spacial score (nSPS) is 11.7. The number of imidazole rings is 1. The van der Waals surface area contributed by atoms with E-state index in [0.717, 1.165) is 16.8 Å². The third-order valence-corrected chi connectivity index (χ3v) is 2.87. The summed E-state index contributed by atoms with van der Waals surface area (Å²) in [6.07, 6.45) is 3.85. The Morgan fingerprint density at radius 3 is 2.94 bits per heavy atom. The lowest BCUT2D eigenvalue weighted by atomic mass is 10.1. The van der Waals surface area contributed by atoms with Gasteiger partial charge in [-0.05, 0) is 35.7 Å². The van der Waals surface area contributed by atoms with E-state index in [-0.39, 0.29) is 0 Å². The highest BCUT2D eigenvalue weighted by molar-refractivity contribution is 5.76. The summed E-state index contributed by atoms with van der Waals surface area (Å²) in [4.78, 5) is 8.77. The molecule has 0 aromatic carbocycles. The molecule has 3 aromatic heterocycles. The minimum absolute atomic E-state index is 0.526. The minimum Gasteiger partial charge on any atom is -0.298 e. The molecule has 0 radical (unpaired) electrons. The van der Waals surface area contributed by atoms with Crippen LogP contribution in [-0.4, -0.2) is 14.4 Å². The van der Waals surface area contributed by atoms with Gasteiger partial charge in [0.25, 0.3) is 0 Å². The molecule has 0 aliphatic rings. The van der Waals surface area contributed by atoms with Crippen LogP contribution < -0.4 is 0 Å². The summed E-state index contributed by atoms with van der Waals surface area (Å²) in [5.41, 5.74) is 4.15. The first kappa shape index (κ1) is 9.33. The van der Waals surface area contributed by atoms with Crippen LogP contribution in [0.5, 0.6) is 0 Å². The molecule has 3 nitrogen and oxygen atoms in total. The van der Waals surface area contributed by atoms with Crippen molar-refractivity contribution in [3.63, 3.8) is 0 Å². The molecule has 0 amide bonds. The van der Waals surface area contributed by atoms with Gasteiger partial charge in [-0.2, -0.15) is 0 Å². The summed E-state index contributed by atoms with van der Waals surface area (Å²) in [6.45, 7) is 4.37. The summed E-state index contributed by atoms with van der Waals surface area (Å²) in [6, 6.07) is 8.25. The average Bonchev–Trinajstić information content (AvgIpc) is 2.66. The molecule has 16 heavy (non-hydrogen) atoms. The van der Waals surface area contributed by atoms with E-state index in [1.807, 2.05) is 12.1 Å². The lowest BCUT2D eigenvalue weighted by Crippen LogP contribution is -1.90. The van der Waals surface area contributed by atoms with Crippen molar-refractivity contribution < 1.29 is 0 Å². The van der Waals surface area contributed by atoms with E-state index in [9.17, 15) is 0 Å². The molecule has 0 bridgehead atoms. The molecule has 80 valence electrons. The van der Waals surface area contributed by atoms with Gasteiger partial charge in [0.05, 0.1) is 5.52 Å². The van der Waals surface area contributed by atoms with Gasteiger partial charge in [-0.1, -0.05) is 13.8 Å². The molecule has 0 saturated carbocycles. The van der Waals surface area contributed by atoms with Crippen molar-refractivity contribution >= 4 is 16.8 Å². The van der Waals surface area contributed by atoms with Crippen molar-refractivity contribution in [2.45, 2.75) is 19.8 Å². The zero-order chi connectivity index (χ0) is 11.1. The average molecular weight is 211 g/mol. The van der Waals surface area contributed by atoms with Crippen LogP contribution in [0, 0.1) is 0 Å². The summed E-state index contributed by atoms with van der Waals surface area (Å²) in [5.74, 6) is 0.526. The number of fused-ring (bicyclic) bond motifs is 3. The van der Waals surface area contributed by atoms with Crippen LogP contribution in [0.15, 0.2) is 36.7 Å². The Kier molecular flexibility index (Phi) is 1.93. The lowest BCUT2D eigenvalue weighted by molar-refractivity contribution is 0.863. The number of hydrogen-bond acceptors (Lipinski definition) is 2. The first-order valence-electron chi connectivity index (χ1n) is 5.48. The van der Waals surface area contributed by atoms with Crippen LogP contribution in [0.4, 0.5) is 0 Å². The highest BCUT2D eigenvalue weighted by Gasteiger charge is 2.06. The van der Waals surface area contributed by atoms with Crippen LogP contribution in [-0.2, 0) is 0 Å². The predicted octanol–water partition coefficient (Wildman–Crippen LogP) is 3.01. The minimum atomic E-state index is 0.526. The summed E-state index contributed by atoms with van der Waals surface area (Å²) in [5, 5.41) is 0. The number of nitrogens with zero attached hydrogens (tertiary/aromatic N) is 3. The molecule has 3 aromatic rings. The van der Waals surface area contributed by atoms with Crippen LogP contribution in [0.3, 0.4) is 0 Å². The molecule has 0 saturated heterocycles. The Hall–Kier alpha value is -1.90. The fourth-order valence-corrected chi connectivity index (χ4v) is 1.92. The van der Waals surface area contributed by atoms with E-state index in [1.54, 1.807) is 6.20 Å². The second-order valence-corrected chi connectivity index (χ2v) is 4.30. The molecule has 3 heterocycles. The molecule has 3 heteroatoms. The van der Waals surface area contributed by atoms with E-state index in [4.69, 9.17) is 0 Å². The van der Waals surface area contributed by atoms with Crippen molar-refractivity contribution in [2.24, 2.45) is 0 Å². The van der Waals surface area contributed by atoms with E-state index in [2.05, 4.69) is 46.5 Å². The molecular weight excluding hydrogens is 198 g/mol. The smallest absolute Gasteiger partial charge is 0.178 e. The van der Waals surface area contributed by atoms with Crippen LogP contribution in [0.2, 0.25) is 0 Å². The maximum atomic E-state index is 4.51. The molecular formula is C13H13N3. The molecule has 0 N–H and O–H groups in total. The zero-order valence-corrected chi connectivity index (χ0v) is 9.38. The SMILES string of the molecule is CC(C)c1ccn2c(c1)nc1ncccc12. The first-order chi connectivity index (χ1) is 7.75. The van der Waals surface area contributed by atoms with Gasteiger partial charge in [0.1, 0.15) is 5.65 Å². The quantitative estimate of drug-likeness (QED) is 0.619. The van der Waals surface area contributed by atoms with Crippen molar-refractivity contribution in [1.82, 2.24) is 14.4 Å². The van der Waals surface area contributed by atoms with Gasteiger partial charge < -0.3 is 0 Å². The fourth-order valence-electron chi connectivity index (χ4n) is 1.92. The largest absolute Gasteiger partial charge is 0.298 e. The molecule has 3 rings (SSSR count). The summed E-state index contributed by atoms with van der Waals surface area (Å²) in [7, 11) is 0. The predicted molar refractivity (Wildman–Crippen MR) is 64.6 cm³/mol. The second-order valence-electron chi connectivity index (χ2n) is 4.30. The summed E-state index contributed by atoms with van der Waals surface area (Å²) >= 11 is 0. The van der Waals surface area contributed by atoms with Crippen molar-refractivity contribution in [3.8, 4) is 0 Å². The molecule has 0 atom stereocenters. The maximum absolute atomic E-state index is 4.51. The van der Waals surface area contributed by atoms with E-state index in [0.29, 0.717) is 5.92 Å². The van der Waals surface area contributed by atoms with Crippen LogP contribution in [0.25, 0.3) is 16.8 Å². The monoisotopic (exact) mass is 211 g/mol. The van der Waals surface area contributed by atoms with Crippen molar-refractivity contribution in [2.75, 3.05) is 0 Å². The van der Waals surface area contributed by atoms with Gasteiger partial charge in [0, 0.05) is 12.4 Å². The van der Waals surface area contributed by atoms with E-state index < -0.39 is 0 Å². The Morgan fingerprint density at radius 1 is 1.25 bits per heavy atom. The van der Waals surface area contributed by atoms with Gasteiger partial charge in [-0.15, -0.1) is 0 Å². The Bertz CT molecular complexity index is 652. The van der Waals surface area contributed by atoms with Crippen LogP contribution >= 0.6 is 0 Å². The molecule has 0 spiro atoms. The number of hydrogen-bond donors (Lipinski definition) is 0. The summed E-state index contributed by atoms with van der Waals surface area (Å²) < 4.78 is 2.08. The number of pyridine rings is 2. The van der Waals surface area contributed by atoms with Crippen molar-refractivity contribution in [1.29, 1.82) is 0 Å². The van der Waals surface area contributed by atoms with E-state index in [1.165, 1.54) is 5.56 Å². The molecule has 0 unspecified atom stereocenters. The van der Waals surface area contributed by atoms with Gasteiger partial charge in [0.15, 0.2) is 5.65 Å². The van der Waals surface area contributed by atoms with Crippen LogP contribution in [0.1, 0.15) is 25.3 Å².